The van der Waals surface area contributed by atoms with Gasteiger partial charge in [0.2, 0.25) is 10.0 Å². The molecule has 1 aliphatic heterocycles. The molecule has 8 nitrogen and oxygen atoms in total. The van der Waals surface area contributed by atoms with Crippen LogP contribution in [0.4, 0.5) is 5.69 Å². The first kappa shape index (κ1) is 21.5. The first-order chi connectivity index (χ1) is 14.6. The molecule has 1 N–H and O–H groups in total. The quantitative estimate of drug-likeness (QED) is 0.625. The Labute approximate surface area is 182 Å². The minimum atomic E-state index is -3.88. The lowest BCUT2D eigenvalue weighted by molar-refractivity contribution is 0.390. The number of hydrogen-bond acceptors (Lipinski definition) is 6. The number of sulfonamides is 2. The molecule has 2 heterocycles. The third-order valence-corrected chi connectivity index (χ3v) is 8.82. The summed E-state index contributed by atoms with van der Waals surface area (Å²) < 4.78 is 60.6. The Kier molecular flexibility index (Phi) is 5.40. The molecule has 2 aromatic carbocycles. The van der Waals surface area contributed by atoms with E-state index in [1.807, 2.05) is 13.0 Å². The van der Waals surface area contributed by atoms with E-state index in [0.29, 0.717) is 18.7 Å². The van der Waals surface area contributed by atoms with Gasteiger partial charge >= 0.3 is 0 Å². The smallest absolute Gasteiger partial charge is 0.267 e. The summed E-state index contributed by atoms with van der Waals surface area (Å²) in [7, 11) is -7.53. The van der Waals surface area contributed by atoms with Gasteiger partial charge in [-0.1, -0.05) is 28.9 Å². The fourth-order valence-electron chi connectivity index (χ4n) is 3.72. The molecule has 10 heteroatoms. The number of aromatic nitrogens is 1. The normalized spacial score (nSPS) is 14.9. The van der Waals surface area contributed by atoms with Crippen molar-refractivity contribution >= 4 is 25.7 Å². The average Bonchev–Trinajstić information content (AvgIpc) is 3.06. The van der Waals surface area contributed by atoms with E-state index in [2.05, 4.69) is 9.88 Å². The highest BCUT2D eigenvalue weighted by Gasteiger charge is 2.29. The monoisotopic (exact) mass is 461 g/mol. The van der Waals surface area contributed by atoms with Gasteiger partial charge in [-0.05, 0) is 62.6 Å². The SMILES string of the molecule is Cc1ccc(S(=O)(=O)N2CCc3ccc(NS(=O)(=O)c4c(C)noc4C)cc3C2)cc1. The van der Waals surface area contributed by atoms with Crippen molar-refractivity contribution in [3.05, 3.63) is 70.6 Å². The molecular formula is C21H23N3O5S2. The van der Waals surface area contributed by atoms with Crippen LogP contribution in [0.15, 0.2) is 56.8 Å². The highest BCUT2D eigenvalue weighted by molar-refractivity contribution is 7.92. The lowest BCUT2D eigenvalue weighted by atomic mass is 10.0. The van der Waals surface area contributed by atoms with E-state index in [9.17, 15) is 16.8 Å². The number of nitrogens with one attached hydrogen (secondary N) is 1. The third-order valence-electron chi connectivity index (χ3n) is 5.33. The van der Waals surface area contributed by atoms with E-state index in [-0.39, 0.29) is 27.8 Å². The maximum atomic E-state index is 13.0. The Bertz CT molecular complexity index is 1320. The fourth-order valence-corrected chi connectivity index (χ4v) is 6.52. The van der Waals surface area contributed by atoms with Crippen LogP contribution in [0.3, 0.4) is 0 Å². The number of benzene rings is 2. The summed E-state index contributed by atoms with van der Waals surface area (Å²) in [5.41, 5.74) is 3.38. The second-order valence-corrected chi connectivity index (χ2v) is 11.2. The molecule has 0 saturated carbocycles. The van der Waals surface area contributed by atoms with Crippen molar-refractivity contribution < 1.29 is 21.4 Å². The molecule has 164 valence electrons. The van der Waals surface area contributed by atoms with Gasteiger partial charge in [-0.3, -0.25) is 4.72 Å². The molecule has 0 radical (unpaired) electrons. The van der Waals surface area contributed by atoms with Crippen LogP contribution in [0.25, 0.3) is 0 Å². The van der Waals surface area contributed by atoms with Crippen molar-refractivity contribution in [1.82, 2.24) is 9.46 Å². The van der Waals surface area contributed by atoms with Crippen LogP contribution in [0.1, 0.15) is 28.1 Å². The molecule has 0 aliphatic carbocycles. The average molecular weight is 462 g/mol. The summed E-state index contributed by atoms with van der Waals surface area (Å²) in [6.45, 7) is 5.54. The second-order valence-electron chi connectivity index (χ2n) is 7.64. The number of fused-ring (bicyclic) bond motifs is 1. The number of rotatable bonds is 5. The first-order valence-electron chi connectivity index (χ1n) is 9.72. The summed E-state index contributed by atoms with van der Waals surface area (Å²) in [5, 5.41) is 3.70. The maximum Gasteiger partial charge on any atom is 0.267 e. The molecule has 0 bridgehead atoms. The molecular weight excluding hydrogens is 438 g/mol. The van der Waals surface area contributed by atoms with Gasteiger partial charge in [0.05, 0.1) is 4.90 Å². The zero-order valence-corrected chi connectivity index (χ0v) is 19.0. The first-order valence-corrected chi connectivity index (χ1v) is 12.6. The number of anilines is 1. The van der Waals surface area contributed by atoms with Crippen molar-refractivity contribution in [2.75, 3.05) is 11.3 Å². The van der Waals surface area contributed by atoms with Gasteiger partial charge in [-0.15, -0.1) is 0 Å². The minimum Gasteiger partial charge on any atom is -0.360 e. The Morgan fingerprint density at radius 2 is 1.68 bits per heavy atom. The van der Waals surface area contributed by atoms with E-state index in [4.69, 9.17) is 4.52 Å². The predicted octanol–water partition coefficient (Wildman–Crippen LogP) is 3.15. The van der Waals surface area contributed by atoms with E-state index in [0.717, 1.165) is 16.7 Å². The van der Waals surface area contributed by atoms with Crippen molar-refractivity contribution in [2.45, 2.75) is 43.5 Å². The fraction of sp³-hybridized carbons (Fsp3) is 0.286. The van der Waals surface area contributed by atoms with Crippen LogP contribution in [0.2, 0.25) is 0 Å². The Morgan fingerprint density at radius 3 is 2.32 bits per heavy atom. The molecule has 1 aromatic heterocycles. The summed E-state index contributed by atoms with van der Waals surface area (Å²) >= 11 is 0. The Hall–Kier alpha value is -2.69. The third kappa shape index (κ3) is 4.10. The number of aryl methyl sites for hydroxylation is 3. The lowest BCUT2D eigenvalue weighted by Crippen LogP contribution is -2.36. The molecule has 0 fully saturated rings. The molecule has 1 aliphatic rings. The van der Waals surface area contributed by atoms with E-state index in [1.165, 1.54) is 11.2 Å². The van der Waals surface area contributed by atoms with Crippen LogP contribution in [-0.4, -0.2) is 32.8 Å². The Balaban J connectivity index is 1.60. The van der Waals surface area contributed by atoms with Gasteiger partial charge in [0.25, 0.3) is 10.0 Å². The molecule has 0 spiro atoms. The van der Waals surface area contributed by atoms with Crippen molar-refractivity contribution in [3.8, 4) is 0 Å². The maximum absolute atomic E-state index is 13.0. The molecule has 0 atom stereocenters. The van der Waals surface area contributed by atoms with E-state index < -0.39 is 20.0 Å². The van der Waals surface area contributed by atoms with Crippen LogP contribution in [0.5, 0.6) is 0 Å². The lowest BCUT2D eigenvalue weighted by Gasteiger charge is -2.28. The minimum absolute atomic E-state index is 0.00814. The summed E-state index contributed by atoms with van der Waals surface area (Å²) in [6, 6.07) is 11.9. The van der Waals surface area contributed by atoms with Gasteiger partial charge < -0.3 is 4.52 Å². The van der Waals surface area contributed by atoms with Crippen LogP contribution in [-0.2, 0) is 33.0 Å². The molecule has 4 rings (SSSR count). The number of nitrogens with zero attached hydrogens (tertiary/aromatic N) is 2. The molecule has 0 amide bonds. The Morgan fingerprint density at radius 1 is 0.968 bits per heavy atom. The summed E-state index contributed by atoms with van der Waals surface area (Å²) in [4.78, 5) is 0.255. The topological polar surface area (TPSA) is 110 Å². The van der Waals surface area contributed by atoms with Gasteiger partial charge in [0, 0.05) is 18.8 Å². The zero-order valence-electron chi connectivity index (χ0n) is 17.4. The molecule has 0 unspecified atom stereocenters. The largest absolute Gasteiger partial charge is 0.360 e. The highest BCUT2D eigenvalue weighted by atomic mass is 32.2. The van der Waals surface area contributed by atoms with Crippen molar-refractivity contribution in [2.24, 2.45) is 0 Å². The highest BCUT2D eigenvalue weighted by Crippen LogP contribution is 2.29. The molecule has 0 saturated heterocycles. The zero-order chi connectivity index (χ0) is 22.4. The number of hydrogen-bond donors (Lipinski definition) is 1. The second kappa shape index (κ2) is 7.77. The van der Waals surface area contributed by atoms with Crippen molar-refractivity contribution in [3.63, 3.8) is 0 Å². The van der Waals surface area contributed by atoms with Crippen LogP contribution in [0, 0.1) is 20.8 Å². The van der Waals surface area contributed by atoms with E-state index in [1.54, 1.807) is 43.3 Å². The summed E-state index contributed by atoms with van der Waals surface area (Å²) in [6.07, 6.45) is 0.553. The van der Waals surface area contributed by atoms with Gasteiger partial charge in [-0.25, -0.2) is 16.8 Å². The molecule has 3 aromatic rings. The van der Waals surface area contributed by atoms with Gasteiger partial charge in [0.1, 0.15) is 5.69 Å². The summed E-state index contributed by atoms with van der Waals surface area (Å²) in [5.74, 6) is 0.207. The van der Waals surface area contributed by atoms with Gasteiger partial charge in [0.15, 0.2) is 10.7 Å². The van der Waals surface area contributed by atoms with E-state index >= 15 is 0 Å². The molecule has 31 heavy (non-hydrogen) atoms. The van der Waals surface area contributed by atoms with Gasteiger partial charge in [-0.2, -0.15) is 4.31 Å². The standard InChI is InChI=1S/C21H23N3O5S2/c1-14-4-8-20(9-5-14)31(27,28)24-11-10-17-6-7-19(12-18(17)13-24)23-30(25,26)21-15(2)22-29-16(21)3/h4-9,12,23H,10-11,13H2,1-3H3. The van der Waals surface area contributed by atoms with Crippen LogP contribution < -0.4 is 4.72 Å². The van der Waals surface area contributed by atoms with Crippen molar-refractivity contribution in [1.29, 1.82) is 0 Å². The van der Waals surface area contributed by atoms with Crippen LogP contribution >= 0.6 is 0 Å². The predicted molar refractivity (Wildman–Crippen MR) is 116 cm³/mol.